The number of nitrogens with one attached hydrogen (secondary N) is 4. The monoisotopic (exact) mass is 760 g/mol. The van der Waals surface area contributed by atoms with E-state index < -0.39 is 47.9 Å². The first-order valence-corrected chi connectivity index (χ1v) is 20.0. The number of rotatable bonds is 18. The van der Waals surface area contributed by atoms with E-state index in [4.69, 9.17) is 4.74 Å². The number of carbonyl (C=O) groups excluding carboxylic acids is 5. The maximum Gasteiger partial charge on any atom is 0.257 e. The smallest absolute Gasteiger partial charge is 0.257 e. The molecule has 2 aromatic rings. The van der Waals surface area contributed by atoms with E-state index in [9.17, 15) is 24.0 Å². The van der Waals surface area contributed by atoms with Gasteiger partial charge in [0.15, 0.2) is 0 Å². The van der Waals surface area contributed by atoms with Crippen molar-refractivity contribution in [1.82, 2.24) is 30.7 Å². The highest BCUT2D eigenvalue weighted by molar-refractivity contribution is 6.08. The average molecular weight is 761 g/mol. The van der Waals surface area contributed by atoms with E-state index in [0.29, 0.717) is 25.0 Å². The van der Waals surface area contributed by atoms with Gasteiger partial charge in [-0.05, 0) is 75.1 Å². The molecule has 1 aromatic heterocycles. The number of H-pyrrole nitrogens is 1. The van der Waals surface area contributed by atoms with Gasteiger partial charge in [0, 0.05) is 35.7 Å². The molecule has 0 spiro atoms. The van der Waals surface area contributed by atoms with Gasteiger partial charge in [0.05, 0.1) is 19.2 Å². The fraction of sp³-hybridized carbons (Fsp3) is 0.605. The fourth-order valence-electron chi connectivity index (χ4n) is 8.14. The summed E-state index contributed by atoms with van der Waals surface area (Å²) in [4.78, 5) is 75.0. The number of aromatic nitrogens is 1. The molecule has 5 atom stereocenters. The average Bonchev–Trinajstić information content (AvgIpc) is 3.68. The summed E-state index contributed by atoms with van der Waals surface area (Å²) in [6, 6.07) is 4.65. The number of fused-ring (bicyclic) bond motifs is 1. The summed E-state index contributed by atoms with van der Waals surface area (Å²) < 4.78 is 5.59. The number of carbonyl (C=O) groups is 5. The number of benzene rings is 1. The van der Waals surface area contributed by atoms with Crippen LogP contribution in [0.5, 0.6) is 0 Å². The number of amides is 5. The minimum absolute atomic E-state index is 0.0288. The molecule has 2 heterocycles. The molecule has 1 aliphatic carbocycles. The number of likely N-dealkylation sites (N-methyl/N-ethyl adjacent to an activating group) is 1. The molecule has 4 rings (SSSR count). The molecule has 1 aliphatic heterocycles. The zero-order valence-electron chi connectivity index (χ0n) is 34.3. The summed E-state index contributed by atoms with van der Waals surface area (Å²) in [6.07, 6.45) is 12.4. The van der Waals surface area contributed by atoms with E-state index in [2.05, 4.69) is 20.9 Å². The van der Waals surface area contributed by atoms with Crippen molar-refractivity contribution in [3.05, 3.63) is 60.0 Å². The summed E-state index contributed by atoms with van der Waals surface area (Å²) >= 11 is 0. The maximum absolute atomic E-state index is 14.2. The fourth-order valence-corrected chi connectivity index (χ4v) is 8.14. The van der Waals surface area contributed by atoms with Gasteiger partial charge in [0.1, 0.15) is 23.9 Å². The van der Waals surface area contributed by atoms with Gasteiger partial charge in [-0.2, -0.15) is 0 Å². The molecule has 2 aliphatic rings. The van der Waals surface area contributed by atoms with E-state index in [0.717, 1.165) is 48.6 Å². The highest BCUT2D eigenvalue weighted by atomic mass is 16.5. The van der Waals surface area contributed by atoms with Crippen LogP contribution < -0.4 is 16.0 Å². The number of nitrogens with zero attached hydrogens (tertiary/aromatic N) is 2. The summed E-state index contributed by atoms with van der Waals surface area (Å²) in [7, 11) is 5.18. The Morgan fingerprint density at radius 1 is 0.891 bits per heavy atom. The van der Waals surface area contributed by atoms with Crippen molar-refractivity contribution in [3.63, 3.8) is 0 Å². The molecule has 302 valence electrons. The summed E-state index contributed by atoms with van der Waals surface area (Å²) in [5.41, 5.74) is 1.92. The summed E-state index contributed by atoms with van der Waals surface area (Å²) in [5.74, 6) is -1.23. The third-order valence-corrected chi connectivity index (χ3v) is 10.8. The first-order valence-electron chi connectivity index (χ1n) is 20.0. The number of ether oxygens (including phenoxy) is 1. The molecule has 1 fully saturated rings. The second-order valence-corrected chi connectivity index (χ2v) is 16.7. The van der Waals surface area contributed by atoms with Gasteiger partial charge in [-0.25, -0.2) is 0 Å². The standard InChI is InChI=1S/C43H64N6O6/c1-26(2)21-34(46-42(53)35(22-27(3)4)47-43(54)40(28(5)6)48(7)8)41(52)45-32(29-15-11-10-12-16-29)19-20-38(50)49-36(37(55-9)24-39(49)51)23-30-25-44-33-18-14-13-17-31(30)33/h13-14,17-20,24-29,32,34-36,40,44H,10-12,15-16,21-23H2,1-9H3,(H,45,52)(H,46,53)(H,47,54)/t32-,34+,35+,36+,40+/m1/s1. The van der Waals surface area contributed by atoms with Gasteiger partial charge in [0.2, 0.25) is 17.7 Å². The minimum Gasteiger partial charge on any atom is -0.499 e. The molecule has 0 bridgehead atoms. The van der Waals surface area contributed by atoms with E-state index >= 15 is 0 Å². The third-order valence-electron chi connectivity index (χ3n) is 10.8. The Kier molecular flexibility index (Phi) is 15.7. The number of imide groups is 1. The lowest BCUT2D eigenvalue weighted by molar-refractivity contribution is -0.139. The Hall–Kier alpha value is -4.45. The predicted octanol–water partition coefficient (Wildman–Crippen LogP) is 5.25. The van der Waals surface area contributed by atoms with Crippen LogP contribution >= 0.6 is 0 Å². The predicted molar refractivity (Wildman–Crippen MR) is 215 cm³/mol. The minimum atomic E-state index is -0.863. The van der Waals surface area contributed by atoms with Gasteiger partial charge in [-0.3, -0.25) is 33.8 Å². The first-order chi connectivity index (χ1) is 26.1. The summed E-state index contributed by atoms with van der Waals surface area (Å²) in [5, 5.41) is 10.1. The zero-order valence-corrected chi connectivity index (χ0v) is 34.3. The van der Waals surface area contributed by atoms with E-state index in [1.54, 1.807) is 6.08 Å². The molecule has 0 unspecified atom stereocenters. The number of hydrogen-bond donors (Lipinski definition) is 4. The molecular formula is C43H64N6O6. The lowest BCUT2D eigenvalue weighted by atomic mass is 9.83. The molecule has 0 radical (unpaired) electrons. The van der Waals surface area contributed by atoms with E-state index in [-0.39, 0.29) is 35.5 Å². The third kappa shape index (κ3) is 11.5. The van der Waals surface area contributed by atoms with E-state index in [1.807, 2.05) is 91.0 Å². The van der Waals surface area contributed by atoms with Crippen molar-refractivity contribution in [2.75, 3.05) is 21.2 Å². The highest BCUT2D eigenvalue weighted by Crippen LogP contribution is 2.30. The Bertz CT molecular complexity index is 1700. The topological polar surface area (TPSA) is 153 Å². The van der Waals surface area contributed by atoms with Crippen molar-refractivity contribution in [1.29, 1.82) is 0 Å². The quantitative estimate of drug-likeness (QED) is 0.152. The zero-order chi connectivity index (χ0) is 40.4. The van der Waals surface area contributed by atoms with Crippen LogP contribution in [0.2, 0.25) is 0 Å². The highest BCUT2D eigenvalue weighted by Gasteiger charge is 2.38. The normalized spacial score (nSPS) is 18.9. The van der Waals surface area contributed by atoms with Crippen LogP contribution in [-0.2, 0) is 35.1 Å². The van der Waals surface area contributed by atoms with Crippen LogP contribution in [0.1, 0.15) is 92.1 Å². The lowest BCUT2D eigenvalue weighted by Crippen LogP contribution is -2.58. The van der Waals surface area contributed by atoms with Crippen LogP contribution in [0.4, 0.5) is 0 Å². The van der Waals surface area contributed by atoms with Crippen LogP contribution in [0.15, 0.2) is 54.4 Å². The first kappa shape index (κ1) is 43.3. The van der Waals surface area contributed by atoms with Gasteiger partial charge >= 0.3 is 0 Å². The van der Waals surface area contributed by atoms with Crippen molar-refractivity contribution < 1.29 is 28.7 Å². The number of methoxy groups -OCH3 is 1. The van der Waals surface area contributed by atoms with Crippen molar-refractivity contribution >= 4 is 40.4 Å². The Balaban J connectivity index is 1.54. The molecule has 0 saturated heterocycles. The van der Waals surface area contributed by atoms with Gasteiger partial charge in [0.25, 0.3) is 11.8 Å². The SMILES string of the molecule is COC1=CC(=O)N(C(=O)C=C[C@@H](NC(=O)[C@H](CC(C)C)NC(=O)[C@H](CC(C)C)NC(=O)[C@H](C(C)C)N(C)C)C2CCCCC2)[C@H]1Cc1c[nH]c2ccccc12. The molecule has 12 nitrogen and oxygen atoms in total. The molecule has 5 amide bonds. The number of hydrogen-bond acceptors (Lipinski definition) is 7. The largest absolute Gasteiger partial charge is 0.499 e. The Morgan fingerprint density at radius 3 is 2.07 bits per heavy atom. The number of para-hydroxylation sites is 1. The van der Waals surface area contributed by atoms with Crippen LogP contribution in [0.25, 0.3) is 10.9 Å². The molecule has 1 saturated carbocycles. The van der Waals surface area contributed by atoms with E-state index in [1.165, 1.54) is 24.2 Å². The van der Waals surface area contributed by atoms with Crippen LogP contribution in [0, 0.1) is 23.7 Å². The second-order valence-electron chi connectivity index (χ2n) is 16.7. The van der Waals surface area contributed by atoms with Crippen molar-refractivity contribution in [2.24, 2.45) is 23.7 Å². The number of aromatic amines is 1. The van der Waals surface area contributed by atoms with Crippen LogP contribution in [-0.4, -0.2) is 95.7 Å². The van der Waals surface area contributed by atoms with Gasteiger partial charge < -0.3 is 25.7 Å². The second kappa shape index (κ2) is 19.9. The summed E-state index contributed by atoms with van der Waals surface area (Å²) in [6.45, 7) is 11.9. The van der Waals surface area contributed by atoms with Gasteiger partial charge in [-0.15, -0.1) is 0 Å². The van der Waals surface area contributed by atoms with Crippen molar-refractivity contribution in [2.45, 2.75) is 123 Å². The Morgan fingerprint density at radius 2 is 1.49 bits per heavy atom. The molecule has 4 N–H and O–H groups in total. The van der Waals surface area contributed by atoms with Crippen LogP contribution in [0.3, 0.4) is 0 Å². The maximum atomic E-state index is 14.2. The van der Waals surface area contributed by atoms with Gasteiger partial charge in [-0.1, -0.05) is 85.1 Å². The molecular weight excluding hydrogens is 697 g/mol. The lowest BCUT2D eigenvalue weighted by Gasteiger charge is -2.32. The molecule has 55 heavy (non-hydrogen) atoms. The van der Waals surface area contributed by atoms with Crippen molar-refractivity contribution in [3.8, 4) is 0 Å². The Labute approximate surface area is 327 Å². The molecule has 12 heteroatoms. The molecule has 1 aromatic carbocycles.